The number of benzene rings is 1. The number of hydrogen-bond donors (Lipinski definition) is 0. The van der Waals surface area contributed by atoms with Crippen LogP contribution in [-0.4, -0.2) is 30.7 Å². The van der Waals surface area contributed by atoms with E-state index in [1.807, 2.05) is 38.1 Å². The first-order valence-electron chi connectivity index (χ1n) is 6.70. The lowest BCUT2D eigenvalue weighted by Crippen LogP contribution is -2.39. The van der Waals surface area contributed by atoms with E-state index in [1.54, 1.807) is 19.0 Å². The number of rotatable bonds is 4. The van der Waals surface area contributed by atoms with Crippen molar-refractivity contribution in [3.8, 4) is 0 Å². The average molecular weight is 259 g/mol. The number of ketones is 1. The number of Topliss-reactive ketones (excluding diaryl/α,β-unsaturated/α-hetero) is 1. The number of nitrogens with zero attached hydrogens (tertiary/aromatic N) is 1. The zero-order valence-electron chi connectivity index (χ0n) is 12.1. The van der Waals surface area contributed by atoms with Crippen LogP contribution in [0.2, 0.25) is 0 Å². The highest BCUT2D eigenvalue weighted by Crippen LogP contribution is 2.33. The highest BCUT2D eigenvalue weighted by molar-refractivity contribution is 5.99. The quantitative estimate of drug-likeness (QED) is 0.780. The van der Waals surface area contributed by atoms with Gasteiger partial charge in [-0.1, -0.05) is 24.3 Å². The van der Waals surface area contributed by atoms with E-state index in [4.69, 9.17) is 0 Å². The Kier molecular flexibility index (Phi) is 3.48. The molecule has 0 spiro atoms. The second-order valence-corrected chi connectivity index (χ2v) is 6.04. The molecule has 0 aliphatic heterocycles. The lowest BCUT2D eigenvalue weighted by molar-refractivity contribution is -0.133. The van der Waals surface area contributed by atoms with Crippen molar-refractivity contribution in [2.45, 2.75) is 32.1 Å². The van der Waals surface area contributed by atoms with E-state index in [1.165, 1.54) is 0 Å². The van der Waals surface area contributed by atoms with Gasteiger partial charge in [0.05, 0.1) is 5.41 Å². The zero-order chi connectivity index (χ0) is 14.2. The summed E-state index contributed by atoms with van der Waals surface area (Å²) in [6, 6.07) is 7.50. The first-order valence-corrected chi connectivity index (χ1v) is 6.70. The Bertz CT molecular complexity index is 496. The van der Waals surface area contributed by atoms with Crippen LogP contribution in [0.3, 0.4) is 0 Å². The Morgan fingerprint density at radius 2 is 1.63 bits per heavy atom. The van der Waals surface area contributed by atoms with Crippen LogP contribution in [0.1, 0.15) is 42.6 Å². The molecule has 3 nitrogen and oxygen atoms in total. The van der Waals surface area contributed by atoms with Gasteiger partial charge in [0.15, 0.2) is 5.78 Å². The Labute approximate surface area is 114 Å². The Morgan fingerprint density at radius 3 is 2.05 bits per heavy atom. The Morgan fingerprint density at radius 1 is 1.11 bits per heavy atom. The smallest absolute Gasteiger partial charge is 0.232 e. The number of hydrogen-bond acceptors (Lipinski definition) is 2. The van der Waals surface area contributed by atoms with Gasteiger partial charge in [-0.2, -0.15) is 0 Å². The summed E-state index contributed by atoms with van der Waals surface area (Å²) in [4.78, 5) is 25.7. The molecule has 3 heteroatoms. The van der Waals surface area contributed by atoms with Gasteiger partial charge in [-0.05, 0) is 32.3 Å². The summed E-state index contributed by atoms with van der Waals surface area (Å²) in [5.74, 6) is 0.541. The molecule has 1 aliphatic carbocycles. The minimum atomic E-state index is -0.565. The second-order valence-electron chi connectivity index (χ2n) is 6.04. The first-order chi connectivity index (χ1) is 8.84. The van der Waals surface area contributed by atoms with Gasteiger partial charge in [-0.15, -0.1) is 0 Å². The third-order valence-electron chi connectivity index (χ3n) is 3.78. The molecule has 0 atom stereocenters. The van der Waals surface area contributed by atoms with Crippen LogP contribution in [0, 0.1) is 5.92 Å². The molecule has 0 radical (unpaired) electrons. The van der Waals surface area contributed by atoms with Crippen molar-refractivity contribution in [3.05, 3.63) is 35.4 Å². The molecule has 1 fully saturated rings. The van der Waals surface area contributed by atoms with E-state index in [0.717, 1.165) is 24.0 Å². The fraction of sp³-hybridized carbons (Fsp3) is 0.500. The summed E-state index contributed by atoms with van der Waals surface area (Å²) < 4.78 is 0. The minimum absolute atomic E-state index is 0.0637. The van der Waals surface area contributed by atoms with Gasteiger partial charge in [-0.3, -0.25) is 9.59 Å². The highest BCUT2D eigenvalue weighted by atomic mass is 16.2. The molecule has 0 bridgehead atoms. The molecular weight excluding hydrogens is 238 g/mol. The maximum Gasteiger partial charge on any atom is 0.232 e. The van der Waals surface area contributed by atoms with Gasteiger partial charge in [0.25, 0.3) is 0 Å². The maximum absolute atomic E-state index is 12.2. The molecule has 102 valence electrons. The summed E-state index contributed by atoms with van der Waals surface area (Å²) >= 11 is 0. The highest BCUT2D eigenvalue weighted by Gasteiger charge is 2.33. The van der Waals surface area contributed by atoms with Crippen molar-refractivity contribution in [2.75, 3.05) is 14.1 Å². The summed E-state index contributed by atoms with van der Waals surface area (Å²) in [7, 11) is 3.52. The molecule has 1 saturated carbocycles. The second kappa shape index (κ2) is 4.80. The Hall–Kier alpha value is -1.64. The predicted octanol–water partition coefficient (Wildman–Crippen LogP) is 2.65. The van der Waals surface area contributed by atoms with E-state index < -0.39 is 5.41 Å². The largest absolute Gasteiger partial charge is 0.348 e. The lowest BCUT2D eigenvalue weighted by Gasteiger charge is -2.27. The molecule has 0 unspecified atom stereocenters. The van der Waals surface area contributed by atoms with E-state index in [0.29, 0.717) is 0 Å². The number of likely N-dealkylation sites (N-methyl/N-ethyl adjacent to an activating group) is 1. The standard InChI is InChI=1S/C16H21NO2/c1-16(2,15(19)17(3)4)13-9-7-12(8-10-13)14(18)11-5-6-11/h7-11H,5-6H2,1-4H3. The summed E-state index contributed by atoms with van der Waals surface area (Å²) in [6.45, 7) is 3.82. The SMILES string of the molecule is CN(C)C(=O)C(C)(C)c1ccc(C(=O)C2CC2)cc1. The van der Waals surface area contributed by atoms with Crippen LogP contribution < -0.4 is 0 Å². The molecule has 2 rings (SSSR count). The average Bonchev–Trinajstić information content (AvgIpc) is 3.21. The molecule has 0 aromatic heterocycles. The maximum atomic E-state index is 12.2. The van der Waals surface area contributed by atoms with Crippen molar-refractivity contribution < 1.29 is 9.59 Å². The molecule has 0 N–H and O–H groups in total. The van der Waals surface area contributed by atoms with Crippen molar-refractivity contribution in [1.82, 2.24) is 4.90 Å². The fourth-order valence-corrected chi connectivity index (χ4v) is 2.31. The van der Waals surface area contributed by atoms with Crippen LogP contribution in [-0.2, 0) is 10.2 Å². The topological polar surface area (TPSA) is 37.4 Å². The van der Waals surface area contributed by atoms with Gasteiger partial charge in [-0.25, -0.2) is 0 Å². The number of carbonyl (C=O) groups is 2. The Balaban J connectivity index is 2.22. The van der Waals surface area contributed by atoms with Crippen LogP contribution in [0.5, 0.6) is 0 Å². The van der Waals surface area contributed by atoms with E-state index >= 15 is 0 Å². The molecular formula is C16H21NO2. The van der Waals surface area contributed by atoms with Gasteiger partial charge >= 0.3 is 0 Å². The summed E-state index contributed by atoms with van der Waals surface area (Å²) in [5, 5.41) is 0. The summed E-state index contributed by atoms with van der Waals surface area (Å²) in [5.41, 5.74) is 1.14. The number of carbonyl (C=O) groups excluding carboxylic acids is 2. The molecule has 19 heavy (non-hydrogen) atoms. The van der Waals surface area contributed by atoms with Crippen molar-refractivity contribution in [2.24, 2.45) is 5.92 Å². The van der Waals surface area contributed by atoms with Gasteiger partial charge in [0.1, 0.15) is 0 Å². The third kappa shape index (κ3) is 2.70. The molecule has 1 amide bonds. The van der Waals surface area contributed by atoms with Gasteiger partial charge in [0, 0.05) is 25.6 Å². The molecule has 1 aromatic carbocycles. The molecule has 1 aliphatic rings. The predicted molar refractivity (Wildman–Crippen MR) is 75.2 cm³/mol. The van der Waals surface area contributed by atoms with Crippen LogP contribution >= 0.6 is 0 Å². The van der Waals surface area contributed by atoms with E-state index in [9.17, 15) is 9.59 Å². The van der Waals surface area contributed by atoms with Crippen molar-refractivity contribution >= 4 is 11.7 Å². The summed E-state index contributed by atoms with van der Waals surface area (Å²) in [6.07, 6.45) is 2.04. The van der Waals surface area contributed by atoms with Gasteiger partial charge in [0.2, 0.25) is 5.91 Å². The fourth-order valence-electron chi connectivity index (χ4n) is 2.31. The number of amides is 1. The van der Waals surface area contributed by atoms with Crippen LogP contribution in [0.25, 0.3) is 0 Å². The first kappa shape index (κ1) is 13.8. The minimum Gasteiger partial charge on any atom is -0.348 e. The lowest BCUT2D eigenvalue weighted by atomic mass is 9.82. The molecule has 1 aromatic rings. The monoisotopic (exact) mass is 259 g/mol. The molecule has 0 heterocycles. The van der Waals surface area contributed by atoms with Crippen molar-refractivity contribution in [1.29, 1.82) is 0 Å². The van der Waals surface area contributed by atoms with Crippen molar-refractivity contribution in [3.63, 3.8) is 0 Å². The van der Waals surface area contributed by atoms with E-state index in [-0.39, 0.29) is 17.6 Å². The van der Waals surface area contributed by atoms with Crippen LogP contribution in [0.4, 0.5) is 0 Å². The van der Waals surface area contributed by atoms with Crippen LogP contribution in [0.15, 0.2) is 24.3 Å². The van der Waals surface area contributed by atoms with E-state index in [2.05, 4.69) is 0 Å². The normalized spacial score (nSPS) is 15.2. The zero-order valence-corrected chi connectivity index (χ0v) is 12.1. The van der Waals surface area contributed by atoms with Gasteiger partial charge < -0.3 is 4.90 Å². The molecule has 0 saturated heterocycles. The third-order valence-corrected chi connectivity index (χ3v) is 3.78.